The van der Waals surface area contributed by atoms with E-state index in [1.807, 2.05) is 0 Å². The minimum Gasteiger partial charge on any atom is -0.491 e. The first-order valence-corrected chi connectivity index (χ1v) is 7.85. The summed E-state index contributed by atoms with van der Waals surface area (Å²) in [5, 5.41) is 14.0. The van der Waals surface area contributed by atoms with Crippen molar-refractivity contribution in [3.63, 3.8) is 0 Å². The van der Waals surface area contributed by atoms with Crippen LogP contribution >= 0.6 is 23.2 Å². The first-order chi connectivity index (χ1) is 9.98. The quantitative estimate of drug-likeness (QED) is 0.805. The van der Waals surface area contributed by atoms with E-state index in [2.05, 4.69) is 12.2 Å². The number of hydrogen-bond acceptors (Lipinski definition) is 4. The van der Waals surface area contributed by atoms with E-state index < -0.39 is 6.10 Å². The molecule has 118 valence electrons. The largest absolute Gasteiger partial charge is 0.491 e. The molecule has 0 aliphatic carbocycles. The minimum atomic E-state index is -0.593. The van der Waals surface area contributed by atoms with Crippen molar-refractivity contribution in [2.45, 2.75) is 31.5 Å². The van der Waals surface area contributed by atoms with E-state index in [4.69, 9.17) is 32.7 Å². The molecule has 2 rings (SSSR count). The van der Waals surface area contributed by atoms with Gasteiger partial charge in [0.05, 0.1) is 15.6 Å². The fourth-order valence-electron chi connectivity index (χ4n) is 2.30. The van der Waals surface area contributed by atoms with Gasteiger partial charge in [0.15, 0.2) is 0 Å². The number of rotatable bonds is 7. The van der Waals surface area contributed by atoms with Gasteiger partial charge in [-0.3, -0.25) is 0 Å². The predicted octanol–water partition coefficient (Wildman–Crippen LogP) is 2.89. The van der Waals surface area contributed by atoms with Crippen molar-refractivity contribution in [2.75, 3.05) is 26.3 Å². The van der Waals surface area contributed by atoms with Gasteiger partial charge in [-0.2, -0.15) is 0 Å². The van der Waals surface area contributed by atoms with Crippen molar-refractivity contribution < 1.29 is 14.6 Å². The van der Waals surface area contributed by atoms with Crippen LogP contribution in [0.1, 0.15) is 19.8 Å². The number of aliphatic hydroxyl groups excluding tert-OH is 1. The molecule has 1 heterocycles. The molecule has 2 unspecified atom stereocenters. The molecule has 0 saturated carbocycles. The normalized spacial score (nSPS) is 23.2. The van der Waals surface area contributed by atoms with Gasteiger partial charge in [0.25, 0.3) is 0 Å². The standard InChI is InChI=1S/C15H21Cl2NO3/c1-15(5-2-6-21-15)10-18-8-11(19)9-20-12-3-4-13(16)14(17)7-12/h3-4,7,11,18-19H,2,5-6,8-10H2,1H3. The Kier molecular flexibility index (Phi) is 6.14. The van der Waals surface area contributed by atoms with E-state index in [9.17, 15) is 5.11 Å². The molecule has 1 saturated heterocycles. The summed E-state index contributed by atoms with van der Waals surface area (Å²) in [6, 6.07) is 5.03. The molecular weight excluding hydrogens is 313 g/mol. The molecule has 0 bridgehead atoms. The maximum Gasteiger partial charge on any atom is 0.121 e. The smallest absolute Gasteiger partial charge is 0.121 e. The topological polar surface area (TPSA) is 50.7 Å². The van der Waals surface area contributed by atoms with Crippen molar-refractivity contribution in [2.24, 2.45) is 0 Å². The Balaban J connectivity index is 1.67. The molecule has 0 radical (unpaired) electrons. The van der Waals surface area contributed by atoms with Crippen LogP contribution in [0, 0.1) is 0 Å². The van der Waals surface area contributed by atoms with Gasteiger partial charge in [-0.1, -0.05) is 23.2 Å². The highest BCUT2D eigenvalue weighted by molar-refractivity contribution is 6.42. The second-order valence-corrected chi connectivity index (χ2v) is 6.39. The molecular formula is C15H21Cl2NO3. The zero-order valence-corrected chi connectivity index (χ0v) is 13.6. The monoisotopic (exact) mass is 333 g/mol. The van der Waals surface area contributed by atoms with E-state index in [-0.39, 0.29) is 12.2 Å². The second kappa shape index (κ2) is 7.65. The van der Waals surface area contributed by atoms with Gasteiger partial charge < -0.3 is 19.9 Å². The van der Waals surface area contributed by atoms with Crippen LogP contribution in [0.4, 0.5) is 0 Å². The number of hydrogen-bond donors (Lipinski definition) is 2. The lowest BCUT2D eigenvalue weighted by Crippen LogP contribution is -2.41. The van der Waals surface area contributed by atoms with Crippen molar-refractivity contribution in [1.29, 1.82) is 0 Å². The molecule has 0 amide bonds. The third-order valence-electron chi connectivity index (χ3n) is 3.51. The van der Waals surface area contributed by atoms with Gasteiger partial charge in [-0.15, -0.1) is 0 Å². The molecule has 1 aliphatic heterocycles. The highest BCUT2D eigenvalue weighted by atomic mass is 35.5. The van der Waals surface area contributed by atoms with E-state index in [0.717, 1.165) is 26.0 Å². The summed E-state index contributed by atoms with van der Waals surface area (Å²) in [4.78, 5) is 0. The molecule has 0 aromatic heterocycles. The van der Waals surface area contributed by atoms with Gasteiger partial charge in [0, 0.05) is 25.8 Å². The SMILES string of the molecule is CC1(CNCC(O)COc2ccc(Cl)c(Cl)c2)CCCO1. The van der Waals surface area contributed by atoms with Crippen molar-refractivity contribution in [3.8, 4) is 5.75 Å². The van der Waals surface area contributed by atoms with Crippen molar-refractivity contribution in [1.82, 2.24) is 5.32 Å². The lowest BCUT2D eigenvalue weighted by molar-refractivity contribution is 0.0170. The van der Waals surface area contributed by atoms with E-state index >= 15 is 0 Å². The van der Waals surface area contributed by atoms with Crippen LogP contribution in [0.2, 0.25) is 10.0 Å². The fraction of sp³-hybridized carbons (Fsp3) is 0.600. The van der Waals surface area contributed by atoms with Gasteiger partial charge in [-0.05, 0) is 31.9 Å². The summed E-state index contributed by atoms with van der Waals surface area (Å²) in [6.07, 6.45) is 1.56. The molecule has 1 aliphatic rings. The lowest BCUT2D eigenvalue weighted by atomic mass is 10.0. The van der Waals surface area contributed by atoms with Crippen molar-refractivity contribution in [3.05, 3.63) is 28.2 Å². The number of aliphatic hydroxyl groups is 1. The van der Waals surface area contributed by atoms with Gasteiger partial charge in [0.2, 0.25) is 0 Å². The summed E-state index contributed by atoms with van der Waals surface area (Å²) >= 11 is 11.7. The van der Waals surface area contributed by atoms with Crippen LogP contribution in [-0.2, 0) is 4.74 Å². The van der Waals surface area contributed by atoms with Crippen LogP contribution in [0.5, 0.6) is 5.75 Å². The molecule has 6 heteroatoms. The number of benzene rings is 1. The number of ether oxygens (including phenoxy) is 2. The molecule has 4 nitrogen and oxygen atoms in total. The molecule has 0 spiro atoms. The van der Waals surface area contributed by atoms with E-state index in [1.54, 1.807) is 18.2 Å². The Morgan fingerprint density at radius 2 is 2.24 bits per heavy atom. The van der Waals surface area contributed by atoms with Crippen LogP contribution in [-0.4, -0.2) is 43.1 Å². The summed E-state index contributed by atoms with van der Waals surface area (Å²) in [7, 11) is 0. The Labute approximate surface area is 135 Å². The Hall–Kier alpha value is -0.520. The summed E-state index contributed by atoms with van der Waals surface area (Å²) in [6.45, 7) is 4.30. The Morgan fingerprint density at radius 1 is 1.43 bits per heavy atom. The number of nitrogens with one attached hydrogen (secondary N) is 1. The third-order valence-corrected chi connectivity index (χ3v) is 4.25. The van der Waals surface area contributed by atoms with Gasteiger partial charge in [0.1, 0.15) is 18.5 Å². The zero-order chi connectivity index (χ0) is 15.3. The van der Waals surface area contributed by atoms with Crippen LogP contribution in [0.15, 0.2) is 18.2 Å². The molecule has 21 heavy (non-hydrogen) atoms. The highest BCUT2D eigenvalue weighted by Gasteiger charge is 2.29. The maximum atomic E-state index is 9.90. The summed E-state index contributed by atoms with van der Waals surface area (Å²) < 4.78 is 11.2. The van der Waals surface area contributed by atoms with E-state index in [1.165, 1.54) is 0 Å². The first kappa shape index (κ1) is 16.8. The van der Waals surface area contributed by atoms with Crippen LogP contribution < -0.4 is 10.1 Å². The number of halogens is 2. The zero-order valence-electron chi connectivity index (χ0n) is 12.1. The van der Waals surface area contributed by atoms with E-state index in [0.29, 0.717) is 22.3 Å². The summed E-state index contributed by atoms with van der Waals surface area (Å²) in [5.74, 6) is 0.592. The average Bonchev–Trinajstić information content (AvgIpc) is 2.87. The summed E-state index contributed by atoms with van der Waals surface area (Å²) in [5.41, 5.74) is -0.107. The molecule has 2 N–H and O–H groups in total. The molecule has 1 aromatic carbocycles. The fourth-order valence-corrected chi connectivity index (χ4v) is 2.59. The molecule has 1 fully saturated rings. The Bertz CT molecular complexity index is 464. The Morgan fingerprint density at radius 3 is 2.90 bits per heavy atom. The second-order valence-electron chi connectivity index (χ2n) is 5.57. The first-order valence-electron chi connectivity index (χ1n) is 7.09. The average molecular weight is 334 g/mol. The van der Waals surface area contributed by atoms with Gasteiger partial charge >= 0.3 is 0 Å². The van der Waals surface area contributed by atoms with Crippen molar-refractivity contribution >= 4 is 23.2 Å². The third kappa shape index (κ3) is 5.31. The maximum absolute atomic E-state index is 9.90. The predicted molar refractivity (Wildman–Crippen MR) is 84.4 cm³/mol. The lowest BCUT2D eigenvalue weighted by Gasteiger charge is -2.24. The van der Waals surface area contributed by atoms with Crippen LogP contribution in [0.3, 0.4) is 0 Å². The van der Waals surface area contributed by atoms with Crippen LogP contribution in [0.25, 0.3) is 0 Å². The minimum absolute atomic E-state index is 0.107. The highest BCUT2D eigenvalue weighted by Crippen LogP contribution is 2.26. The molecule has 2 atom stereocenters. The molecule has 1 aromatic rings. The van der Waals surface area contributed by atoms with Gasteiger partial charge in [-0.25, -0.2) is 0 Å².